The molecule has 1 aliphatic rings. The number of aromatic nitrogens is 1. The molecule has 23 heteroatoms. The van der Waals surface area contributed by atoms with Crippen LogP contribution in [0.4, 0.5) is 10.8 Å². The average molecular weight is 740 g/mol. The van der Waals surface area contributed by atoms with Crippen LogP contribution in [0.5, 0.6) is 0 Å². The van der Waals surface area contributed by atoms with Gasteiger partial charge in [0, 0.05) is 24.4 Å². The Labute approximate surface area is 279 Å². The Kier molecular flexibility index (Phi) is 11.8. The quantitative estimate of drug-likeness (QED) is 0.0466. The second-order valence-corrected chi connectivity index (χ2v) is 12.6. The largest absolute Gasteiger partial charge is 0.458 e. The number of halogens is 2. The third-order valence-corrected chi connectivity index (χ3v) is 8.15. The smallest absolute Gasteiger partial charge is 0.362 e. The van der Waals surface area contributed by atoms with Crippen molar-refractivity contribution in [3.8, 4) is 0 Å². The molecule has 0 bridgehead atoms. The first-order valence-corrected chi connectivity index (χ1v) is 16.0. The Bertz CT molecular complexity index is 1720. The molecule has 2 heterocycles. The van der Waals surface area contributed by atoms with Crippen LogP contribution in [0, 0.1) is 10.1 Å². The number of carbonyl (C=O) groups is 5. The Hall–Kier alpha value is -4.44. The maximum absolute atomic E-state index is 13.4. The maximum atomic E-state index is 13.4. The lowest BCUT2D eigenvalue weighted by Crippen LogP contribution is -2.75. The van der Waals surface area contributed by atoms with E-state index in [2.05, 4.69) is 20.8 Å². The highest BCUT2D eigenvalue weighted by Gasteiger charge is 2.58. The van der Waals surface area contributed by atoms with Crippen molar-refractivity contribution in [3.63, 3.8) is 0 Å². The highest BCUT2D eigenvalue weighted by molar-refractivity contribution is 7.84. The number of benzene rings is 1. The summed E-state index contributed by atoms with van der Waals surface area (Å²) < 4.78 is 42.9. The van der Waals surface area contributed by atoms with E-state index < -0.39 is 79.7 Å². The van der Waals surface area contributed by atoms with Gasteiger partial charge in [-0.15, -0.1) is 22.9 Å². The summed E-state index contributed by atoms with van der Waals surface area (Å²) in [5.74, 6) is -5.63. The fraction of sp³-hybridized carbons (Fsp3) is 0.375. The Morgan fingerprint density at radius 1 is 1.26 bits per heavy atom. The monoisotopic (exact) mass is 738 g/mol. The number of nitrogens with zero attached hydrogens (tertiary/aromatic N) is 4. The number of ether oxygens (including phenoxy) is 2. The SMILES string of the molecule is CC(=O)OC(Cl)[C@H]1[C@@H](NC(=O)/C(=N\OC(C)(C)C(=O)OCc2ccc([N+](=O)[O-])cc2)c2csc(NC(=O)CCl)n2)C(=O)N1S(=O)(=O)O. The number of esters is 2. The van der Waals surface area contributed by atoms with Gasteiger partial charge in [0.1, 0.15) is 30.3 Å². The molecule has 19 nitrogen and oxygen atoms in total. The van der Waals surface area contributed by atoms with Gasteiger partial charge in [0.2, 0.25) is 11.5 Å². The summed E-state index contributed by atoms with van der Waals surface area (Å²) in [4.78, 5) is 81.6. The zero-order valence-corrected chi connectivity index (χ0v) is 27.4. The van der Waals surface area contributed by atoms with Crippen molar-refractivity contribution >= 4 is 91.0 Å². The van der Waals surface area contributed by atoms with E-state index in [0.29, 0.717) is 5.56 Å². The van der Waals surface area contributed by atoms with E-state index in [-0.39, 0.29) is 27.4 Å². The number of nitrogens with one attached hydrogen (secondary N) is 2. The van der Waals surface area contributed by atoms with Crippen LogP contribution < -0.4 is 10.6 Å². The van der Waals surface area contributed by atoms with Crippen LogP contribution in [0.15, 0.2) is 34.8 Å². The summed E-state index contributed by atoms with van der Waals surface area (Å²) in [5.41, 5.74) is -4.46. The summed E-state index contributed by atoms with van der Waals surface area (Å²) in [6.45, 7) is 3.08. The van der Waals surface area contributed by atoms with Crippen molar-refractivity contribution in [2.75, 3.05) is 11.2 Å². The third kappa shape index (κ3) is 9.32. The minimum absolute atomic E-state index is 0.0428. The molecule has 0 aliphatic carbocycles. The van der Waals surface area contributed by atoms with Crippen LogP contribution in [-0.4, -0.2) is 91.7 Å². The van der Waals surface area contributed by atoms with E-state index in [1.54, 1.807) is 0 Å². The summed E-state index contributed by atoms with van der Waals surface area (Å²) in [6, 6.07) is 1.58. The normalized spacial score (nSPS) is 17.2. The van der Waals surface area contributed by atoms with Crippen molar-refractivity contribution in [1.29, 1.82) is 0 Å². The number of oxime groups is 1. The molecule has 1 aromatic carbocycles. The fourth-order valence-corrected chi connectivity index (χ4v) is 5.73. The number of hydrogen-bond donors (Lipinski definition) is 3. The van der Waals surface area contributed by atoms with E-state index in [0.717, 1.165) is 18.3 Å². The van der Waals surface area contributed by atoms with Crippen LogP contribution in [0.1, 0.15) is 32.0 Å². The van der Waals surface area contributed by atoms with Gasteiger partial charge in [-0.05, 0) is 31.5 Å². The molecule has 1 saturated heterocycles. The van der Waals surface area contributed by atoms with Gasteiger partial charge in [0.05, 0.1) is 4.92 Å². The molecule has 0 radical (unpaired) electrons. The highest BCUT2D eigenvalue weighted by atomic mass is 35.5. The van der Waals surface area contributed by atoms with Crippen molar-refractivity contribution in [2.24, 2.45) is 5.16 Å². The number of thiazole rings is 1. The second kappa shape index (κ2) is 15.0. The molecule has 1 unspecified atom stereocenters. The summed E-state index contributed by atoms with van der Waals surface area (Å²) in [5, 5.41) is 20.3. The number of alkyl halides is 2. The summed E-state index contributed by atoms with van der Waals surface area (Å²) in [6.07, 6.45) is 0. The van der Waals surface area contributed by atoms with Gasteiger partial charge in [0.25, 0.3) is 17.5 Å². The average Bonchev–Trinajstić information content (AvgIpc) is 3.43. The topological polar surface area (TPSA) is 263 Å². The first-order chi connectivity index (χ1) is 21.8. The predicted molar refractivity (Wildman–Crippen MR) is 162 cm³/mol. The Balaban J connectivity index is 1.87. The van der Waals surface area contributed by atoms with Gasteiger partial charge < -0.3 is 24.9 Å². The molecule has 3 rings (SSSR count). The lowest BCUT2D eigenvalue weighted by atomic mass is 9.99. The van der Waals surface area contributed by atoms with Crippen molar-refractivity contribution in [1.82, 2.24) is 14.6 Å². The minimum Gasteiger partial charge on any atom is -0.458 e. The van der Waals surface area contributed by atoms with Gasteiger partial charge in [-0.2, -0.15) is 8.42 Å². The molecular weight excluding hydrogens is 715 g/mol. The van der Waals surface area contributed by atoms with E-state index in [1.165, 1.54) is 43.5 Å². The number of β-lactam (4-membered cyclic amide) rings is 1. The molecule has 0 saturated carbocycles. The van der Waals surface area contributed by atoms with Crippen LogP contribution in [0.3, 0.4) is 0 Å². The first kappa shape index (κ1) is 37.0. The lowest BCUT2D eigenvalue weighted by Gasteiger charge is -2.45. The number of nitro benzene ring substituents is 1. The predicted octanol–water partition coefficient (Wildman–Crippen LogP) is 1.10. The minimum atomic E-state index is -5.21. The number of nitro groups is 1. The molecule has 2 aromatic rings. The maximum Gasteiger partial charge on any atom is 0.362 e. The molecule has 47 heavy (non-hydrogen) atoms. The number of amides is 3. The van der Waals surface area contributed by atoms with E-state index >= 15 is 0 Å². The zero-order chi connectivity index (χ0) is 35.3. The van der Waals surface area contributed by atoms with Crippen LogP contribution in [0.25, 0.3) is 0 Å². The molecular formula is C24H24Cl2N6O13S2. The van der Waals surface area contributed by atoms with Gasteiger partial charge in [-0.25, -0.2) is 14.1 Å². The number of non-ortho nitro benzene ring substituents is 1. The van der Waals surface area contributed by atoms with Gasteiger partial charge in [-0.1, -0.05) is 16.8 Å². The highest BCUT2D eigenvalue weighted by Crippen LogP contribution is 2.30. The van der Waals surface area contributed by atoms with Gasteiger partial charge in [0.15, 0.2) is 16.4 Å². The number of anilines is 1. The van der Waals surface area contributed by atoms with Gasteiger partial charge in [-0.3, -0.25) is 33.8 Å². The Morgan fingerprint density at radius 3 is 2.45 bits per heavy atom. The fourth-order valence-electron chi connectivity index (χ4n) is 3.62. The van der Waals surface area contributed by atoms with Gasteiger partial charge >= 0.3 is 22.2 Å². The van der Waals surface area contributed by atoms with Crippen molar-refractivity contribution in [2.45, 2.75) is 50.6 Å². The van der Waals surface area contributed by atoms with Crippen LogP contribution >= 0.6 is 34.5 Å². The second-order valence-electron chi connectivity index (χ2n) is 9.78. The van der Waals surface area contributed by atoms with E-state index in [9.17, 15) is 47.1 Å². The summed E-state index contributed by atoms with van der Waals surface area (Å²) in [7, 11) is -5.21. The molecule has 1 aliphatic heterocycles. The number of carbonyl (C=O) groups excluding carboxylic acids is 5. The lowest BCUT2D eigenvalue weighted by molar-refractivity contribution is -0.384. The van der Waals surface area contributed by atoms with E-state index in [1.807, 2.05) is 0 Å². The molecule has 3 amide bonds. The molecule has 3 atom stereocenters. The molecule has 254 valence electrons. The third-order valence-electron chi connectivity index (χ3n) is 5.88. The van der Waals surface area contributed by atoms with Crippen molar-refractivity contribution < 1.29 is 56.2 Å². The number of hydrogen-bond acceptors (Lipinski definition) is 15. The molecule has 0 spiro atoms. The summed E-state index contributed by atoms with van der Waals surface area (Å²) >= 11 is 12.3. The zero-order valence-electron chi connectivity index (χ0n) is 24.2. The molecule has 3 N–H and O–H groups in total. The Morgan fingerprint density at radius 2 is 1.89 bits per heavy atom. The first-order valence-electron chi connectivity index (χ1n) is 12.8. The van der Waals surface area contributed by atoms with E-state index in [4.69, 9.17) is 37.5 Å². The molecule has 1 aromatic heterocycles. The standard InChI is InChI=1S/C24H24Cl2N6O13S2/c1-11(33)44-19(26)18-17(21(36)31(18)47(40,41)42)29-20(35)16(14-10-46-23(27-14)28-15(34)8-25)30-45-24(2,3)22(37)43-9-12-4-6-13(7-5-12)32(38)39/h4-7,10,17-19H,8-9H2,1-3H3,(H,29,35)(H,27,28,34)(H,40,41,42)/b30-16-/t17-,18-,19?/m1/s1. The van der Waals surface area contributed by atoms with Crippen LogP contribution in [-0.2, 0) is 55.2 Å². The van der Waals surface area contributed by atoms with Crippen LogP contribution in [0.2, 0.25) is 0 Å². The molecule has 1 fully saturated rings. The number of rotatable bonds is 14. The van der Waals surface area contributed by atoms with Crippen molar-refractivity contribution in [3.05, 3.63) is 51.0 Å².